The molecule has 0 unspecified atom stereocenters. The van der Waals surface area contributed by atoms with E-state index in [9.17, 15) is 4.79 Å². The number of rotatable bonds is 8. The summed E-state index contributed by atoms with van der Waals surface area (Å²) in [6, 6.07) is 12.8. The average Bonchev–Trinajstić information content (AvgIpc) is 2.58. The van der Waals surface area contributed by atoms with Gasteiger partial charge in [-0.05, 0) is 49.4 Å². The third-order valence-corrected chi connectivity index (χ3v) is 3.35. The number of carbonyl (C=O) groups excluding carboxylic acids is 1. The molecule has 0 aliphatic carbocycles. The lowest BCUT2D eigenvalue weighted by molar-refractivity contribution is 0.0937. The van der Waals surface area contributed by atoms with E-state index in [-0.39, 0.29) is 5.91 Å². The van der Waals surface area contributed by atoms with Crippen molar-refractivity contribution in [3.63, 3.8) is 0 Å². The molecule has 2 aromatic rings. The molecule has 0 bridgehead atoms. The van der Waals surface area contributed by atoms with E-state index in [2.05, 4.69) is 10.6 Å². The summed E-state index contributed by atoms with van der Waals surface area (Å²) in [5.74, 6) is 0.644. The molecule has 128 valence electrons. The minimum Gasteiger partial charge on any atom is -0.494 e. The summed E-state index contributed by atoms with van der Waals surface area (Å²) >= 11 is 0. The number of nitrogens with two attached hydrogens (primary N) is 1. The van der Waals surface area contributed by atoms with Crippen molar-refractivity contribution in [2.24, 2.45) is 0 Å². The van der Waals surface area contributed by atoms with Gasteiger partial charge in [0, 0.05) is 24.9 Å². The van der Waals surface area contributed by atoms with E-state index in [1.54, 1.807) is 25.3 Å². The third kappa shape index (κ3) is 4.89. The highest BCUT2D eigenvalue weighted by atomic mass is 16.5. The molecule has 0 fully saturated rings. The van der Waals surface area contributed by atoms with Crippen LogP contribution in [0.2, 0.25) is 0 Å². The molecule has 0 saturated carbocycles. The first-order valence-corrected chi connectivity index (χ1v) is 7.80. The first-order valence-electron chi connectivity index (χ1n) is 7.80. The predicted molar refractivity (Wildman–Crippen MR) is 96.0 cm³/mol. The normalized spacial score (nSPS) is 10.2. The fourth-order valence-electron chi connectivity index (χ4n) is 2.14. The number of nitrogens with one attached hydrogen (secondary N) is 2. The van der Waals surface area contributed by atoms with Crippen molar-refractivity contribution in [3.05, 3.63) is 48.0 Å². The highest BCUT2D eigenvalue weighted by Gasteiger charge is 2.08. The number of benzene rings is 2. The van der Waals surface area contributed by atoms with E-state index >= 15 is 0 Å². The molecular formula is C18H23N3O3. The van der Waals surface area contributed by atoms with Crippen LogP contribution >= 0.6 is 0 Å². The van der Waals surface area contributed by atoms with E-state index in [1.165, 1.54) is 0 Å². The maximum atomic E-state index is 12.0. The monoisotopic (exact) mass is 329 g/mol. The molecular weight excluding hydrogens is 306 g/mol. The summed E-state index contributed by atoms with van der Waals surface area (Å²) in [6.07, 6.45) is 0. The Bertz CT molecular complexity index is 672. The second-order valence-corrected chi connectivity index (χ2v) is 5.13. The molecule has 0 heterocycles. The summed E-state index contributed by atoms with van der Waals surface area (Å²) in [5.41, 5.74) is 8.70. The Morgan fingerprint density at radius 1 is 1.17 bits per heavy atom. The Kier molecular flexibility index (Phi) is 6.45. The molecule has 0 saturated heterocycles. The molecule has 6 heteroatoms. The molecule has 0 spiro atoms. The van der Waals surface area contributed by atoms with Crippen LogP contribution in [0.4, 0.5) is 17.1 Å². The minimum absolute atomic E-state index is 0.175. The Morgan fingerprint density at radius 3 is 2.54 bits per heavy atom. The summed E-state index contributed by atoms with van der Waals surface area (Å²) in [4.78, 5) is 12.0. The van der Waals surface area contributed by atoms with Gasteiger partial charge >= 0.3 is 0 Å². The zero-order chi connectivity index (χ0) is 17.4. The van der Waals surface area contributed by atoms with Crippen LogP contribution in [0.15, 0.2) is 42.5 Å². The topological polar surface area (TPSA) is 85.6 Å². The predicted octanol–water partition coefficient (Wildman–Crippen LogP) is 2.79. The van der Waals surface area contributed by atoms with Crippen LogP contribution < -0.4 is 21.1 Å². The van der Waals surface area contributed by atoms with Crippen molar-refractivity contribution in [1.29, 1.82) is 0 Å². The highest BCUT2D eigenvalue weighted by molar-refractivity contribution is 5.96. The Balaban J connectivity index is 2.02. The Labute approximate surface area is 142 Å². The fraction of sp³-hybridized carbons (Fsp3) is 0.278. The van der Waals surface area contributed by atoms with Crippen molar-refractivity contribution in [3.8, 4) is 5.75 Å². The molecule has 2 rings (SSSR count). The van der Waals surface area contributed by atoms with E-state index < -0.39 is 0 Å². The van der Waals surface area contributed by atoms with Gasteiger partial charge in [0.1, 0.15) is 5.75 Å². The van der Waals surface area contributed by atoms with Crippen LogP contribution in [0.25, 0.3) is 0 Å². The zero-order valence-electron chi connectivity index (χ0n) is 14.0. The zero-order valence-corrected chi connectivity index (χ0v) is 14.0. The molecule has 0 aliphatic heterocycles. The summed E-state index contributed by atoms with van der Waals surface area (Å²) < 4.78 is 10.3. The van der Waals surface area contributed by atoms with Crippen molar-refractivity contribution in [2.45, 2.75) is 6.92 Å². The number of methoxy groups -OCH3 is 1. The van der Waals surface area contributed by atoms with Crippen LogP contribution in [0.5, 0.6) is 5.75 Å². The molecule has 24 heavy (non-hydrogen) atoms. The number of amides is 1. The average molecular weight is 329 g/mol. The number of ether oxygens (including phenoxy) is 2. The van der Waals surface area contributed by atoms with Gasteiger partial charge in [-0.1, -0.05) is 0 Å². The Morgan fingerprint density at radius 2 is 1.92 bits per heavy atom. The van der Waals surface area contributed by atoms with E-state index in [4.69, 9.17) is 15.2 Å². The summed E-state index contributed by atoms with van der Waals surface area (Å²) in [5, 5.41) is 5.99. The summed E-state index contributed by atoms with van der Waals surface area (Å²) in [7, 11) is 1.59. The standard InChI is InChI=1S/C18H23N3O3/c1-3-24-15-7-5-14(6-8-15)21-17-9-4-13(12-16(17)19)18(22)20-10-11-23-2/h4-9,12,21H,3,10-11,19H2,1-2H3,(H,20,22). The van der Waals surface area contributed by atoms with Crippen LogP contribution in [-0.4, -0.2) is 32.8 Å². The molecule has 2 aromatic carbocycles. The van der Waals surface area contributed by atoms with E-state index in [1.807, 2.05) is 31.2 Å². The Hall–Kier alpha value is -2.73. The van der Waals surface area contributed by atoms with Gasteiger partial charge in [0.2, 0.25) is 0 Å². The second-order valence-electron chi connectivity index (χ2n) is 5.13. The smallest absolute Gasteiger partial charge is 0.251 e. The maximum absolute atomic E-state index is 12.0. The van der Waals surface area contributed by atoms with Gasteiger partial charge in [0.05, 0.1) is 24.6 Å². The number of hydrogen-bond donors (Lipinski definition) is 3. The van der Waals surface area contributed by atoms with Crippen LogP contribution in [-0.2, 0) is 4.74 Å². The SMILES string of the molecule is CCOc1ccc(Nc2ccc(C(=O)NCCOC)cc2N)cc1. The van der Waals surface area contributed by atoms with Crippen LogP contribution in [0.3, 0.4) is 0 Å². The van der Waals surface area contributed by atoms with Gasteiger partial charge in [-0.3, -0.25) is 4.79 Å². The molecule has 6 nitrogen and oxygen atoms in total. The van der Waals surface area contributed by atoms with Crippen molar-refractivity contribution in [2.75, 3.05) is 37.9 Å². The number of hydrogen-bond acceptors (Lipinski definition) is 5. The lowest BCUT2D eigenvalue weighted by atomic mass is 10.1. The number of anilines is 3. The lowest BCUT2D eigenvalue weighted by Crippen LogP contribution is -2.27. The minimum atomic E-state index is -0.175. The van der Waals surface area contributed by atoms with Gasteiger partial charge in [0.25, 0.3) is 5.91 Å². The molecule has 0 atom stereocenters. The van der Waals surface area contributed by atoms with Gasteiger partial charge in [0.15, 0.2) is 0 Å². The largest absolute Gasteiger partial charge is 0.494 e. The van der Waals surface area contributed by atoms with Crippen molar-refractivity contribution < 1.29 is 14.3 Å². The lowest BCUT2D eigenvalue weighted by Gasteiger charge is -2.12. The van der Waals surface area contributed by atoms with Crippen molar-refractivity contribution >= 4 is 23.0 Å². The molecule has 1 amide bonds. The maximum Gasteiger partial charge on any atom is 0.251 e. The van der Waals surface area contributed by atoms with Gasteiger partial charge in [-0.15, -0.1) is 0 Å². The summed E-state index contributed by atoms with van der Waals surface area (Å²) in [6.45, 7) is 3.51. The van der Waals surface area contributed by atoms with Gasteiger partial charge < -0.3 is 25.8 Å². The van der Waals surface area contributed by atoms with Crippen LogP contribution in [0, 0.1) is 0 Å². The highest BCUT2D eigenvalue weighted by Crippen LogP contribution is 2.25. The van der Waals surface area contributed by atoms with Crippen LogP contribution in [0.1, 0.15) is 17.3 Å². The quantitative estimate of drug-likeness (QED) is 0.512. The number of carbonyl (C=O) groups is 1. The molecule has 0 radical (unpaired) electrons. The van der Waals surface area contributed by atoms with E-state index in [0.29, 0.717) is 31.0 Å². The molecule has 4 N–H and O–H groups in total. The van der Waals surface area contributed by atoms with E-state index in [0.717, 1.165) is 17.1 Å². The second kappa shape index (κ2) is 8.79. The fourth-order valence-corrected chi connectivity index (χ4v) is 2.14. The van der Waals surface area contributed by atoms with Gasteiger partial charge in [-0.2, -0.15) is 0 Å². The third-order valence-electron chi connectivity index (χ3n) is 3.35. The first kappa shape index (κ1) is 17.6. The van der Waals surface area contributed by atoms with Gasteiger partial charge in [-0.25, -0.2) is 0 Å². The number of nitrogen functional groups attached to an aromatic ring is 1. The molecule has 0 aliphatic rings. The van der Waals surface area contributed by atoms with Crippen molar-refractivity contribution in [1.82, 2.24) is 5.32 Å². The molecule has 0 aromatic heterocycles. The first-order chi connectivity index (χ1) is 11.6.